The molecule has 1 rings (SSSR count). The number of ether oxygens (including phenoxy) is 1. The van der Waals surface area contributed by atoms with Crippen LogP contribution in [0, 0.1) is 0 Å². The minimum atomic E-state index is -0.457. The molecular formula is C14H22N2O2. The predicted octanol–water partition coefficient (Wildman–Crippen LogP) is 3.10. The van der Waals surface area contributed by atoms with Crippen molar-refractivity contribution in [2.75, 3.05) is 19.4 Å². The molecule has 100 valence electrons. The Bertz CT molecular complexity index is 393. The average Bonchev–Trinajstić information content (AvgIpc) is 2.27. The molecule has 0 atom stereocenters. The van der Waals surface area contributed by atoms with E-state index >= 15 is 0 Å². The fraction of sp³-hybridized carbons (Fsp3) is 0.500. The summed E-state index contributed by atoms with van der Waals surface area (Å²) in [6, 6.07) is 7.95. The summed E-state index contributed by atoms with van der Waals surface area (Å²) in [4.78, 5) is 13.3. The number of nitrogens with zero attached hydrogens (tertiary/aromatic N) is 1. The molecule has 0 aliphatic heterocycles. The van der Waals surface area contributed by atoms with Crippen molar-refractivity contribution in [1.82, 2.24) is 4.90 Å². The van der Waals surface area contributed by atoms with E-state index in [4.69, 9.17) is 4.74 Å². The van der Waals surface area contributed by atoms with E-state index in [0.717, 1.165) is 11.3 Å². The van der Waals surface area contributed by atoms with Gasteiger partial charge in [0.2, 0.25) is 0 Å². The van der Waals surface area contributed by atoms with Gasteiger partial charge in [-0.25, -0.2) is 4.79 Å². The lowest BCUT2D eigenvalue weighted by Gasteiger charge is -2.24. The fourth-order valence-electron chi connectivity index (χ4n) is 1.46. The van der Waals surface area contributed by atoms with Crippen molar-refractivity contribution < 1.29 is 9.53 Å². The highest BCUT2D eigenvalue weighted by Crippen LogP contribution is 2.13. The SMILES string of the molecule is CNc1ccc(CN(C)C(=O)OC(C)(C)C)cc1. The molecule has 1 aromatic rings. The van der Waals surface area contributed by atoms with Crippen LogP contribution in [0.4, 0.5) is 10.5 Å². The Morgan fingerprint density at radius 2 is 1.83 bits per heavy atom. The maximum Gasteiger partial charge on any atom is 0.410 e. The van der Waals surface area contributed by atoms with E-state index in [2.05, 4.69) is 5.32 Å². The van der Waals surface area contributed by atoms with Gasteiger partial charge in [0.05, 0.1) is 0 Å². The number of hydrogen-bond donors (Lipinski definition) is 1. The van der Waals surface area contributed by atoms with Crippen molar-refractivity contribution in [3.63, 3.8) is 0 Å². The average molecular weight is 250 g/mol. The number of anilines is 1. The lowest BCUT2D eigenvalue weighted by atomic mass is 10.2. The highest BCUT2D eigenvalue weighted by molar-refractivity contribution is 5.67. The van der Waals surface area contributed by atoms with Gasteiger partial charge >= 0.3 is 6.09 Å². The number of carbonyl (C=O) groups is 1. The predicted molar refractivity (Wildman–Crippen MR) is 73.7 cm³/mol. The maximum absolute atomic E-state index is 11.8. The van der Waals surface area contributed by atoms with Crippen LogP contribution in [0.5, 0.6) is 0 Å². The molecule has 0 saturated heterocycles. The molecule has 1 N–H and O–H groups in total. The van der Waals surface area contributed by atoms with Crippen molar-refractivity contribution in [2.45, 2.75) is 32.9 Å². The van der Waals surface area contributed by atoms with Gasteiger partial charge in [-0.2, -0.15) is 0 Å². The van der Waals surface area contributed by atoms with Crippen LogP contribution < -0.4 is 5.32 Å². The molecule has 4 heteroatoms. The molecule has 0 fully saturated rings. The lowest BCUT2D eigenvalue weighted by Crippen LogP contribution is -2.33. The van der Waals surface area contributed by atoms with Crippen molar-refractivity contribution in [1.29, 1.82) is 0 Å². The van der Waals surface area contributed by atoms with Gasteiger partial charge in [0.25, 0.3) is 0 Å². The number of benzene rings is 1. The molecule has 0 heterocycles. The first-order valence-electron chi connectivity index (χ1n) is 6.02. The number of carbonyl (C=O) groups excluding carboxylic acids is 1. The minimum Gasteiger partial charge on any atom is -0.444 e. The first kappa shape index (κ1) is 14.4. The first-order valence-corrected chi connectivity index (χ1v) is 6.02. The van der Waals surface area contributed by atoms with Crippen LogP contribution in [0.3, 0.4) is 0 Å². The van der Waals surface area contributed by atoms with Crippen LogP contribution in [-0.2, 0) is 11.3 Å². The highest BCUT2D eigenvalue weighted by Gasteiger charge is 2.19. The molecular weight excluding hydrogens is 228 g/mol. The quantitative estimate of drug-likeness (QED) is 0.896. The second-order valence-corrected chi connectivity index (χ2v) is 5.28. The van der Waals surface area contributed by atoms with Crippen molar-refractivity contribution in [2.24, 2.45) is 0 Å². The van der Waals surface area contributed by atoms with Crippen LogP contribution in [0.1, 0.15) is 26.3 Å². The zero-order chi connectivity index (χ0) is 13.8. The minimum absolute atomic E-state index is 0.305. The van der Waals surface area contributed by atoms with Gasteiger partial charge < -0.3 is 15.0 Å². The third kappa shape index (κ3) is 4.65. The molecule has 0 saturated carbocycles. The Balaban J connectivity index is 2.58. The summed E-state index contributed by atoms with van der Waals surface area (Å²) in [5, 5.41) is 3.06. The Hall–Kier alpha value is -1.71. The molecule has 0 unspecified atom stereocenters. The van der Waals surface area contributed by atoms with Gasteiger partial charge in [-0.3, -0.25) is 0 Å². The third-order valence-electron chi connectivity index (χ3n) is 2.37. The zero-order valence-electron chi connectivity index (χ0n) is 11.8. The van der Waals surface area contributed by atoms with E-state index < -0.39 is 5.60 Å². The molecule has 0 aliphatic rings. The van der Waals surface area contributed by atoms with Crippen molar-refractivity contribution in [3.8, 4) is 0 Å². The highest BCUT2D eigenvalue weighted by atomic mass is 16.6. The molecule has 0 aromatic heterocycles. The Kier molecular flexibility index (Phi) is 4.59. The van der Waals surface area contributed by atoms with E-state index in [1.54, 1.807) is 11.9 Å². The standard InChI is InChI=1S/C14H22N2O2/c1-14(2,3)18-13(17)16(5)10-11-6-8-12(15-4)9-7-11/h6-9,15H,10H2,1-5H3. The summed E-state index contributed by atoms with van der Waals surface area (Å²) >= 11 is 0. The number of nitrogens with one attached hydrogen (secondary N) is 1. The summed E-state index contributed by atoms with van der Waals surface area (Å²) in [7, 11) is 3.61. The normalized spacial score (nSPS) is 10.9. The number of rotatable bonds is 3. The smallest absolute Gasteiger partial charge is 0.410 e. The van der Waals surface area contributed by atoms with E-state index in [9.17, 15) is 4.79 Å². The summed E-state index contributed by atoms with van der Waals surface area (Å²) in [5.41, 5.74) is 1.67. The largest absolute Gasteiger partial charge is 0.444 e. The van der Waals surface area contributed by atoms with Gasteiger partial charge in [-0.1, -0.05) is 12.1 Å². The van der Waals surface area contributed by atoms with E-state index in [1.807, 2.05) is 52.1 Å². The van der Waals surface area contributed by atoms with Gasteiger partial charge in [0, 0.05) is 26.3 Å². The summed E-state index contributed by atoms with van der Waals surface area (Å²) in [6.45, 7) is 6.13. The lowest BCUT2D eigenvalue weighted by molar-refractivity contribution is 0.0285. The summed E-state index contributed by atoms with van der Waals surface area (Å²) in [6.07, 6.45) is -0.305. The molecule has 18 heavy (non-hydrogen) atoms. The third-order valence-corrected chi connectivity index (χ3v) is 2.37. The fourth-order valence-corrected chi connectivity index (χ4v) is 1.46. The topological polar surface area (TPSA) is 41.6 Å². The van der Waals surface area contributed by atoms with Crippen molar-refractivity contribution in [3.05, 3.63) is 29.8 Å². The van der Waals surface area contributed by atoms with E-state index in [1.165, 1.54) is 0 Å². The van der Waals surface area contributed by atoms with Crippen LogP contribution in [0.25, 0.3) is 0 Å². The monoisotopic (exact) mass is 250 g/mol. The number of hydrogen-bond acceptors (Lipinski definition) is 3. The second-order valence-electron chi connectivity index (χ2n) is 5.28. The second kappa shape index (κ2) is 5.76. The van der Waals surface area contributed by atoms with Crippen LogP contribution in [-0.4, -0.2) is 30.7 Å². The van der Waals surface area contributed by atoms with E-state index in [0.29, 0.717) is 6.54 Å². The molecule has 1 amide bonds. The Labute approximate surface area is 109 Å². The molecule has 0 aliphatic carbocycles. The summed E-state index contributed by atoms with van der Waals surface area (Å²) < 4.78 is 5.29. The Morgan fingerprint density at radius 1 is 1.28 bits per heavy atom. The molecule has 4 nitrogen and oxygen atoms in total. The van der Waals surface area contributed by atoms with Crippen LogP contribution in [0.15, 0.2) is 24.3 Å². The molecule has 1 aromatic carbocycles. The van der Waals surface area contributed by atoms with Crippen LogP contribution in [0.2, 0.25) is 0 Å². The zero-order valence-corrected chi connectivity index (χ0v) is 11.8. The van der Waals surface area contributed by atoms with Gasteiger partial charge in [0.15, 0.2) is 0 Å². The molecule has 0 bridgehead atoms. The molecule has 0 spiro atoms. The number of amides is 1. The molecule has 0 radical (unpaired) electrons. The van der Waals surface area contributed by atoms with Gasteiger partial charge in [-0.05, 0) is 38.5 Å². The van der Waals surface area contributed by atoms with E-state index in [-0.39, 0.29) is 6.09 Å². The van der Waals surface area contributed by atoms with Gasteiger partial charge in [0.1, 0.15) is 5.60 Å². The van der Waals surface area contributed by atoms with Crippen LogP contribution >= 0.6 is 0 Å². The maximum atomic E-state index is 11.8. The Morgan fingerprint density at radius 3 is 2.28 bits per heavy atom. The van der Waals surface area contributed by atoms with Gasteiger partial charge in [-0.15, -0.1) is 0 Å². The van der Waals surface area contributed by atoms with Crippen molar-refractivity contribution >= 4 is 11.8 Å². The first-order chi connectivity index (χ1) is 8.31. The summed E-state index contributed by atoms with van der Waals surface area (Å²) in [5.74, 6) is 0.